The van der Waals surface area contributed by atoms with Crippen LogP contribution in [-0.2, 0) is 4.74 Å². The summed E-state index contributed by atoms with van der Waals surface area (Å²) in [4.78, 5) is 49.9. The first-order valence-corrected chi connectivity index (χ1v) is 10.1. The third-order valence-corrected chi connectivity index (χ3v) is 5.92. The summed E-state index contributed by atoms with van der Waals surface area (Å²) in [7, 11) is 1.20. The number of nitrogens with zero attached hydrogens (tertiary/aromatic N) is 2. The fourth-order valence-electron chi connectivity index (χ4n) is 2.78. The van der Waals surface area contributed by atoms with Crippen molar-refractivity contribution in [3.05, 3.63) is 54.9 Å². The minimum Gasteiger partial charge on any atom is -0.465 e. The Morgan fingerprint density at radius 2 is 1.90 bits per heavy atom. The van der Waals surface area contributed by atoms with Crippen LogP contribution >= 0.6 is 22.9 Å². The first-order valence-electron chi connectivity index (χ1n) is 8.92. The topological polar surface area (TPSA) is 119 Å². The molecule has 1 aromatic carbocycles. The number of rotatable bonds is 7. The predicted octanol–water partition coefficient (Wildman–Crippen LogP) is 4.14. The van der Waals surface area contributed by atoms with Gasteiger partial charge in [-0.2, -0.15) is 0 Å². The normalized spacial score (nSPS) is 10.4. The van der Waals surface area contributed by atoms with Crippen LogP contribution in [0.4, 0.5) is 10.7 Å². The number of nitro groups is 1. The Morgan fingerprint density at radius 1 is 1.27 bits per heavy atom. The molecule has 0 saturated carbocycles. The molecular formula is C19H20ClN3O6S. The molecule has 0 saturated heterocycles. The summed E-state index contributed by atoms with van der Waals surface area (Å²) < 4.78 is 4.81. The second-order valence-corrected chi connectivity index (χ2v) is 7.53. The molecule has 11 heteroatoms. The average Bonchev–Trinajstić information content (AvgIpc) is 3.03. The molecule has 0 aliphatic carbocycles. The molecule has 0 bridgehead atoms. The predicted molar refractivity (Wildman–Crippen MR) is 114 cm³/mol. The molecule has 0 aliphatic rings. The number of hydrogen-bond donors (Lipinski definition) is 1. The summed E-state index contributed by atoms with van der Waals surface area (Å²) in [6, 6.07) is 3.43. The van der Waals surface area contributed by atoms with E-state index in [0.29, 0.717) is 23.5 Å². The van der Waals surface area contributed by atoms with E-state index in [-0.39, 0.29) is 32.7 Å². The molecule has 0 fully saturated rings. The number of anilines is 1. The lowest BCUT2D eigenvalue weighted by Crippen LogP contribution is -2.30. The van der Waals surface area contributed by atoms with Crippen molar-refractivity contribution in [3.8, 4) is 0 Å². The van der Waals surface area contributed by atoms with E-state index in [1.165, 1.54) is 13.2 Å². The van der Waals surface area contributed by atoms with Gasteiger partial charge in [0.15, 0.2) is 0 Å². The third-order valence-electron chi connectivity index (χ3n) is 4.42. The average molecular weight is 454 g/mol. The Balaban J connectivity index is 2.47. The van der Waals surface area contributed by atoms with Crippen LogP contribution < -0.4 is 5.32 Å². The molecule has 2 aromatic rings. The molecule has 2 rings (SSSR count). The molecule has 0 spiro atoms. The number of nitrogens with one attached hydrogen (secondary N) is 1. The number of methoxy groups -OCH3 is 1. The highest BCUT2D eigenvalue weighted by atomic mass is 35.5. The number of benzene rings is 1. The van der Waals surface area contributed by atoms with Crippen molar-refractivity contribution in [1.29, 1.82) is 0 Å². The van der Waals surface area contributed by atoms with E-state index in [2.05, 4.69) is 5.32 Å². The lowest BCUT2D eigenvalue weighted by Gasteiger charge is -2.17. The lowest BCUT2D eigenvalue weighted by molar-refractivity contribution is -0.384. The van der Waals surface area contributed by atoms with Gasteiger partial charge in [0.2, 0.25) is 0 Å². The molecule has 0 unspecified atom stereocenters. The Labute approximate surface area is 181 Å². The van der Waals surface area contributed by atoms with Gasteiger partial charge in [-0.15, -0.1) is 11.3 Å². The van der Waals surface area contributed by atoms with Crippen LogP contribution in [0.1, 0.15) is 49.8 Å². The highest BCUT2D eigenvalue weighted by Gasteiger charge is 2.28. The number of amides is 2. The number of esters is 1. The van der Waals surface area contributed by atoms with Crippen molar-refractivity contribution in [1.82, 2.24) is 4.90 Å². The molecule has 1 heterocycles. The number of non-ortho nitro benzene ring substituents is 1. The number of nitro benzene ring substituents is 1. The molecule has 0 aliphatic heterocycles. The van der Waals surface area contributed by atoms with E-state index < -0.39 is 16.8 Å². The van der Waals surface area contributed by atoms with E-state index in [0.717, 1.165) is 23.5 Å². The van der Waals surface area contributed by atoms with Crippen LogP contribution in [0.25, 0.3) is 0 Å². The van der Waals surface area contributed by atoms with E-state index >= 15 is 0 Å². The largest absolute Gasteiger partial charge is 0.465 e. The smallest absolute Gasteiger partial charge is 0.341 e. The van der Waals surface area contributed by atoms with Crippen molar-refractivity contribution in [2.75, 3.05) is 25.5 Å². The van der Waals surface area contributed by atoms with Gasteiger partial charge in [-0.3, -0.25) is 19.7 Å². The van der Waals surface area contributed by atoms with Crippen molar-refractivity contribution in [2.45, 2.75) is 20.8 Å². The summed E-state index contributed by atoms with van der Waals surface area (Å²) >= 11 is 6.97. The monoisotopic (exact) mass is 453 g/mol. The molecule has 160 valence electrons. The van der Waals surface area contributed by atoms with Gasteiger partial charge in [-0.1, -0.05) is 11.6 Å². The molecule has 0 radical (unpaired) electrons. The number of carbonyl (C=O) groups excluding carboxylic acids is 3. The van der Waals surface area contributed by atoms with E-state index in [9.17, 15) is 24.5 Å². The SMILES string of the molecule is CCN(CC)C(=O)c1sc(NC(=O)c2ccc([N+](=O)[O-])cc2Cl)c(C(=O)OC)c1C. The molecule has 1 N–H and O–H groups in total. The zero-order valence-corrected chi connectivity index (χ0v) is 18.3. The highest BCUT2D eigenvalue weighted by Crippen LogP contribution is 2.35. The van der Waals surface area contributed by atoms with E-state index in [4.69, 9.17) is 16.3 Å². The molecule has 9 nitrogen and oxygen atoms in total. The van der Waals surface area contributed by atoms with Gasteiger partial charge in [-0.05, 0) is 32.4 Å². The quantitative estimate of drug-likeness (QED) is 0.382. The first kappa shape index (κ1) is 23.3. The van der Waals surface area contributed by atoms with Crippen LogP contribution in [0.2, 0.25) is 5.02 Å². The summed E-state index contributed by atoms with van der Waals surface area (Å²) in [5.41, 5.74) is 0.199. The zero-order valence-electron chi connectivity index (χ0n) is 16.8. The molecular weight excluding hydrogens is 434 g/mol. The fraction of sp³-hybridized carbons (Fsp3) is 0.316. The first-order chi connectivity index (χ1) is 14.2. The number of halogens is 1. The number of hydrogen-bond acceptors (Lipinski definition) is 7. The van der Waals surface area contributed by atoms with E-state index in [1.807, 2.05) is 13.8 Å². The van der Waals surface area contributed by atoms with Crippen molar-refractivity contribution < 1.29 is 24.0 Å². The summed E-state index contributed by atoms with van der Waals surface area (Å²) in [6.07, 6.45) is 0. The van der Waals surface area contributed by atoms with Crippen molar-refractivity contribution in [3.63, 3.8) is 0 Å². The van der Waals surface area contributed by atoms with E-state index in [1.54, 1.807) is 11.8 Å². The molecule has 1 aromatic heterocycles. The van der Waals surface area contributed by atoms with Crippen LogP contribution in [0.15, 0.2) is 18.2 Å². The summed E-state index contributed by atoms with van der Waals surface area (Å²) in [6.45, 7) is 6.25. The van der Waals surface area contributed by atoms with Crippen LogP contribution in [0, 0.1) is 17.0 Å². The highest BCUT2D eigenvalue weighted by molar-refractivity contribution is 7.18. The van der Waals surface area contributed by atoms with Gasteiger partial charge in [0.1, 0.15) is 5.00 Å². The Bertz CT molecular complexity index is 1020. The molecule has 0 atom stereocenters. The van der Waals surface area contributed by atoms with Crippen molar-refractivity contribution in [2.24, 2.45) is 0 Å². The van der Waals surface area contributed by atoms with Gasteiger partial charge in [0.25, 0.3) is 17.5 Å². The Kier molecular flexibility index (Phi) is 7.52. The number of thiophene rings is 1. The summed E-state index contributed by atoms with van der Waals surface area (Å²) in [5, 5.41) is 13.4. The van der Waals surface area contributed by atoms with Gasteiger partial charge >= 0.3 is 5.97 Å². The second kappa shape index (κ2) is 9.68. The van der Waals surface area contributed by atoms with Crippen molar-refractivity contribution >= 4 is 51.4 Å². The number of ether oxygens (including phenoxy) is 1. The maximum absolute atomic E-state index is 12.8. The minimum atomic E-state index is -0.701. The van der Waals surface area contributed by atoms with Gasteiger partial charge in [0.05, 0.1) is 33.1 Å². The lowest BCUT2D eigenvalue weighted by atomic mass is 10.1. The van der Waals surface area contributed by atoms with Gasteiger partial charge in [-0.25, -0.2) is 4.79 Å². The standard InChI is InChI=1S/C19H20ClN3O6S/c1-5-22(6-2)18(25)15-10(3)14(19(26)29-4)17(30-15)21-16(24)12-8-7-11(23(27)28)9-13(12)20/h7-9H,5-6H2,1-4H3,(H,21,24). The van der Waals surface area contributed by atoms with Crippen LogP contribution in [0.5, 0.6) is 0 Å². The van der Waals surface area contributed by atoms with Crippen LogP contribution in [-0.4, -0.2) is 47.8 Å². The summed E-state index contributed by atoms with van der Waals surface area (Å²) in [5.74, 6) is -1.64. The number of carbonyl (C=O) groups is 3. The fourth-order valence-corrected chi connectivity index (χ4v) is 4.20. The minimum absolute atomic E-state index is 0.0132. The second-order valence-electron chi connectivity index (χ2n) is 6.10. The molecule has 2 amide bonds. The maximum Gasteiger partial charge on any atom is 0.341 e. The Hall–Kier alpha value is -2.98. The van der Waals surface area contributed by atoms with Gasteiger partial charge in [0, 0.05) is 25.2 Å². The molecule has 30 heavy (non-hydrogen) atoms. The maximum atomic E-state index is 12.8. The zero-order chi connectivity index (χ0) is 22.6. The Morgan fingerprint density at radius 3 is 2.40 bits per heavy atom. The van der Waals surface area contributed by atoms with Crippen LogP contribution in [0.3, 0.4) is 0 Å². The third kappa shape index (κ3) is 4.60. The van der Waals surface area contributed by atoms with Gasteiger partial charge < -0.3 is 15.0 Å².